The van der Waals surface area contributed by atoms with Crippen LogP contribution in [0.4, 0.5) is 5.69 Å². The van der Waals surface area contributed by atoms with Gasteiger partial charge in [0.25, 0.3) is 0 Å². The Kier molecular flexibility index (Phi) is 3.76. The van der Waals surface area contributed by atoms with Crippen LogP contribution < -0.4 is 5.32 Å². The van der Waals surface area contributed by atoms with Crippen LogP contribution in [-0.2, 0) is 4.79 Å². The number of nitrogens with one attached hydrogen (secondary N) is 1. The number of nitrogens with zero attached hydrogens (tertiary/aromatic N) is 3. The van der Waals surface area contributed by atoms with E-state index in [1.807, 2.05) is 25.1 Å². The summed E-state index contributed by atoms with van der Waals surface area (Å²) < 4.78 is 2.37. The summed E-state index contributed by atoms with van der Waals surface area (Å²) in [5.74, 6) is -0.133. The van der Waals surface area contributed by atoms with Crippen molar-refractivity contribution in [1.29, 1.82) is 0 Å². The molecule has 5 nitrogen and oxygen atoms in total. The van der Waals surface area contributed by atoms with E-state index >= 15 is 0 Å². The van der Waals surface area contributed by atoms with Gasteiger partial charge in [0.2, 0.25) is 5.91 Å². The molecular weight excluding hydrogens is 296 g/mol. The average molecular weight is 309 g/mol. The lowest BCUT2D eigenvalue weighted by atomic mass is 10.2. The van der Waals surface area contributed by atoms with Crippen LogP contribution in [0.1, 0.15) is 18.5 Å². The highest BCUT2D eigenvalue weighted by Gasteiger charge is 2.16. The Hall–Kier alpha value is -1.69. The van der Waals surface area contributed by atoms with Crippen molar-refractivity contribution in [3.8, 4) is 0 Å². The summed E-state index contributed by atoms with van der Waals surface area (Å²) in [4.78, 5) is 15.9. The fraction of sp³-hybridized carbons (Fsp3) is 0.250. The molecule has 0 fully saturated rings. The topological polar surface area (TPSA) is 59.8 Å². The lowest BCUT2D eigenvalue weighted by Crippen LogP contribution is -2.24. The molecule has 1 heterocycles. The zero-order chi connectivity index (χ0) is 13.1. The zero-order valence-corrected chi connectivity index (χ0v) is 11.7. The number of amides is 1. The van der Waals surface area contributed by atoms with Gasteiger partial charge < -0.3 is 5.32 Å². The average Bonchev–Trinajstić information content (AvgIpc) is 2.86. The third-order valence-corrected chi connectivity index (χ3v) is 3.28. The Labute approximate surface area is 113 Å². The molecule has 2 rings (SSSR count). The summed E-state index contributed by atoms with van der Waals surface area (Å²) >= 11 is 3.41. The van der Waals surface area contributed by atoms with Crippen molar-refractivity contribution in [3.05, 3.63) is 40.9 Å². The Bertz CT molecular complexity index is 553. The summed E-state index contributed by atoms with van der Waals surface area (Å²) in [7, 11) is 0. The van der Waals surface area contributed by atoms with Crippen LogP contribution in [-0.4, -0.2) is 20.7 Å². The predicted octanol–water partition coefficient (Wildman–Crippen LogP) is 2.55. The number of carbonyl (C=O) groups excluding carboxylic acids is 1. The quantitative estimate of drug-likeness (QED) is 0.948. The molecule has 18 heavy (non-hydrogen) atoms. The van der Waals surface area contributed by atoms with E-state index < -0.39 is 6.04 Å². The monoisotopic (exact) mass is 308 g/mol. The number of benzene rings is 1. The van der Waals surface area contributed by atoms with Crippen LogP contribution in [0.3, 0.4) is 0 Å². The first kappa shape index (κ1) is 12.8. The van der Waals surface area contributed by atoms with Gasteiger partial charge in [0, 0.05) is 4.47 Å². The fourth-order valence-electron chi connectivity index (χ4n) is 1.51. The van der Waals surface area contributed by atoms with Crippen LogP contribution in [0.2, 0.25) is 0 Å². The van der Waals surface area contributed by atoms with Gasteiger partial charge in [0.1, 0.15) is 18.7 Å². The number of rotatable bonds is 3. The van der Waals surface area contributed by atoms with Gasteiger partial charge in [-0.25, -0.2) is 9.67 Å². The summed E-state index contributed by atoms with van der Waals surface area (Å²) in [6, 6.07) is 5.39. The van der Waals surface area contributed by atoms with Crippen molar-refractivity contribution in [2.45, 2.75) is 19.9 Å². The molecule has 0 bridgehead atoms. The summed E-state index contributed by atoms with van der Waals surface area (Å²) in [5, 5.41) is 6.82. The van der Waals surface area contributed by atoms with Crippen LogP contribution in [0.5, 0.6) is 0 Å². The second-order valence-corrected chi connectivity index (χ2v) is 4.88. The predicted molar refractivity (Wildman–Crippen MR) is 72.2 cm³/mol. The van der Waals surface area contributed by atoms with Gasteiger partial charge in [-0.15, -0.1) is 0 Å². The molecule has 1 aromatic heterocycles. The highest BCUT2D eigenvalue weighted by Crippen LogP contribution is 2.24. The molecule has 1 N–H and O–H groups in total. The number of hydrogen-bond donors (Lipinski definition) is 1. The molecule has 0 saturated heterocycles. The molecule has 0 aliphatic heterocycles. The van der Waals surface area contributed by atoms with E-state index in [0.717, 1.165) is 15.7 Å². The molecule has 6 heteroatoms. The second-order valence-electron chi connectivity index (χ2n) is 4.02. The molecule has 1 unspecified atom stereocenters. The summed E-state index contributed by atoms with van der Waals surface area (Å²) in [5.41, 5.74) is 1.84. The molecule has 0 saturated carbocycles. The summed E-state index contributed by atoms with van der Waals surface area (Å²) in [6.45, 7) is 3.75. The molecule has 1 amide bonds. The zero-order valence-electron chi connectivity index (χ0n) is 10.1. The van der Waals surface area contributed by atoms with Crippen molar-refractivity contribution in [2.24, 2.45) is 0 Å². The van der Waals surface area contributed by atoms with E-state index in [-0.39, 0.29) is 5.91 Å². The van der Waals surface area contributed by atoms with Crippen molar-refractivity contribution >= 4 is 27.5 Å². The van der Waals surface area contributed by atoms with E-state index in [0.29, 0.717) is 0 Å². The molecule has 0 radical (unpaired) electrons. The van der Waals surface area contributed by atoms with Gasteiger partial charge >= 0.3 is 0 Å². The van der Waals surface area contributed by atoms with Crippen molar-refractivity contribution in [1.82, 2.24) is 14.8 Å². The van der Waals surface area contributed by atoms with Gasteiger partial charge in [-0.2, -0.15) is 5.10 Å². The Morgan fingerprint density at radius 2 is 2.28 bits per heavy atom. The minimum Gasteiger partial charge on any atom is -0.323 e. The fourth-order valence-corrected chi connectivity index (χ4v) is 1.86. The number of hydrogen-bond acceptors (Lipinski definition) is 3. The number of aromatic nitrogens is 3. The first-order chi connectivity index (χ1) is 8.58. The Morgan fingerprint density at radius 3 is 2.94 bits per heavy atom. The molecule has 1 aromatic carbocycles. The van der Waals surface area contributed by atoms with Crippen LogP contribution in [0.15, 0.2) is 35.3 Å². The van der Waals surface area contributed by atoms with Gasteiger partial charge in [0.05, 0.1) is 5.69 Å². The van der Waals surface area contributed by atoms with Crippen molar-refractivity contribution in [3.63, 3.8) is 0 Å². The SMILES string of the molecule is Cc1ccc(Br)c(NC(=O)C(C)n2cncn2)c1. The Balaban J connectivity index is 2.14. The highest BCUT2D eigenvalue weighted by atomic mass is 79.9. The number of halogens is 1. The van der Waals surface area contributed by atoms with E-state index in [9.17, 15) is 4.79 Å². The largest absolute Gasteiger partial charge is 0.323 e. The van der Waals surface area contributed by atoms with Gasteiger partial charge in [-0.05, 0) is 47.5 Å². The first-order valence-corrected chi connectivity index (χ1v) is 6.28. The van der Waals surface area contributed by atoms with Gasteiger partial charge in [-0.1, -0.05) is 6.07 Å². The maximum Gasteiger partial charge on any atom is 0.249 e. The molecule has 1 atom stereocenters. The maximum absolute atomic E-state index is 12.1. The Morgan fingerprint density at radius 1 is 1.50 bits per heavy atom. The van der Waals surface area contributed by atoms with E-state index in [4.69, 9.17) is 0 Å². The van der Waals surface area contributed by atoms with E-state index in [1.54, 1.807) is 6.92 Å². The standard InChI is InChI=1S/C12H13BrN4O/c1-8-3-4-10(13)11(5-8)16-12(18)9(2)17-7-14-6-15-17/h3-7,9H,1-2H3,(H,16,18). The third kappa shape index (κ3) is 2.76. The molecular formula is C12H13BrN4O. The van der Waals surface area contributed by atoms with Crippen molar-refractivity contribution in [2.75, 3.05) is 5.32 Å². The molecule has 0 aliphatic carbocycles. The molecule has 94 valence electrons. The smallest absolute Gasteiger partial charge is 0.249 e. The van der Waals surface area contributed by atoms with Crippen LogP contribution in [0.25, 0.3) is 0 Å². The lowest BCUT2D eigenvalue weighted by molar-refractivity contribution is -0.119. The maximum atomic E-state index is 12.1. The van der Waals surface area contributed by atoms with Gasteiger partial charge in [0.15, 0.2) is 0 Å². The van der Waals surface area contributed by atoms with Gasteiger partial charge in [-0.3, -0.25) is 4.79 Å². The highest BCUT2D eigenvalue weighted by molar-refractivity contribution is 9.10. The first-order valence-electron chi connectivity index (χ1n) is 5.49. The molecule has 2 aromatic rings. The van der Waals surface area contributed by atoms with E-state index in [2.05, 4.69) is 31.3 Å². The number of aryl methyl sites for hydroxylation is 1. The van der Waals surface area contributed by atoms with E-state index in [1.165, 1.54) is 17.3 Å². The number of anilines is 1. The number of carbonyl (C=O) groups is 1. The van der Waals surface area contributed by atoms with Crippen molar-refractivity contribution < 1.29 is 4.79 Å². The van der Waals surface area contributed by atoms with Crippen LogP contribution in [0, 0.1) is 6.92 Å². The van der Waals surface area contributed by atoms with Crippen LogP contribution >= 0.6 is 15.9 Å². The normalized spacial score (nSPS) is 12.2. The molecule has 0 spiro atoms. The lowest BCUT2D eigenvalue weighted by Gasteiger charge is -2.13. The second kappa shape index (κ2) is 5.30. The molecule has 0 aliphatic rings. The summed E-state index contributed by atoms with van der Waals surface area (Å²) in [6.07, 6.45) is 2.93. The minimum absolute atomic E-state index is 0.133. The minimum atomic E-state index is -0.403. The third-order valence-electron chi connectivity index (χ3n) is 2.59.